The number of carbonyl (C=O) groups is 1. The predicted molar refractivity (Wildman–Crippen MR) is 73.2 cm³/mol. The Balaban J connectivity index is 2.49. The van der Waals surface area contributed by atoms with Crippen molar-refractivity contribution < 1.29 is 13.2 Å². The number of sulfonamides is 1. The first-order chi connectivity index (χ1) is 8.95. The highest BCUT2D eigenvalue weighted by molar-refractivity contribution is 7.88. The van der Waals surface area contributed by atoms with Crippen molar-refractivity contribution in [2.45, 2.75) is 0 Å². The fourth-order valence-electron chi connectivity index (χ4n) is 1.43. The molecule has 1 heterocycles. The quantitative estimate of drug-likeness (QED) is 0.728. The van der Waals surface area contributed by atoms with Gasteiger partial charge in [-0.3, -0.25) is 9.78 Å². The van der Waals surface area contributed by atoms with E-state index in [2.05, 4.69) is 16.9 Å². The van der Waals surface area contributed by atoms with Crippen LogP contribution in [0, 0.1) is 0 Å². The Labute approximate surface area is 113 Å². The van der Waals surface area contributed by atoms with Gasteiger partial charge in [0.2, 0.25) is 10.0 Å². The number of aromatic nitrogens is 1. The van der Waals surface area contributed by atoms with Crippen LogP contribution in [0.3, 0.4) is 0 Å². The highest BCUT2D eigenvalue weighted by atomic mass is 32.2. The molecule has 0 fully saturated rings. The molecular formula is C12H17N3O3S. The molecule has 0 atom stereocenters. The first-order valence-electron chi connectivity index (χ1n) is 5.69. The van der Waals surface area contributed by atoms with Crippen molar-refractivity contribution in [3.05, 3.63) is 42.7 Å². The average Bonchev–Trinajstić information content (AvgIpc) is 2.37. The van der Waals surface area contributed by atoms with Crippen LogP contribution >= 0.6 is 0 Å². The lowest BCUT2D eigenvalue weighted by Gasteiger charge is -2.18. The number of hydrogen-bond donors (Lipinski definition) is 1. The Morgan fingerprint density at radius 2 is 2.32 bits per heavy atom. The van der Waals surface area contributed by atoms with Crippen LogP contribution in [0.1, 0.15) is 10.4 Å². The third-order valence-corrected chi connectivity index (χ3v) is 3.64. The normalized spacial score (nSPS) is 11.3. The SMILES string of the molecule is C=CCN(CCNC(=O)c1cccnc1)S(C)(=O)=O. The fraction of sp³-hybridized carbons (Fsp3) is 0.333. The van der Waals surface area contributed by atoms with E-state index >= 15 is 0 Å². The second-order valence-electron chi connectivity index (χ2n) is 3.91. The molecule has 6 nitrogen and oxygen atoms in total. The van der Waals surface area contributed by atoms with Gasteiger partial charge < -0.3 is 5.32 Å². The monoisotopic (exact) mass is 283 g/mol. The van der Waals surface area contributed by atoms with Crippen LogP contribution in [-0.4, -0.2) is 49.5 Å². The molecule has 0 aliphatic heterocycles. The van der Waals surface area contributed by atoms with Gasteiger partial charge in [0.05, 0.1) is 11.8 Å². The minimum atomic E-state index is -3.29. The van der Waals surface area contributed by atoms with Gasteiger partial charge in [-0.2, -0.15) is 4.31 Å². The molecule has 19 heavy (non-hydrogen) atoms. The van der Waals surface area contributed by atoms with Gasteiger partial charge in [-0.25, -0.2) is 8.42 Å². The Hall–Kier alpha value is -1.73. The van der Waals surface area contributed by atoms with Crippen molar-refractivity contribution >= 4 is 15.9 Å². The lowest BCUT2D eigenvalue weighted by molar-refractivity contribution is 0.0951. The lowest BCUT2D eigenvalue weighted by atomic mass is 10.3. The summed E-state index contributed by atoms with van der Waals surface area (Å²) in [5, 5.41) is 2.64. The van der Waals surface area contributed by atoms with Gasteiger partial charge >= 0.3 is 0 Å². The molecule has 1 aromatic rings. The van der Waals surface area contributed by atoms with E-state index < -0.39 is 10.0 Å². The first-order valence-corrected chi connectivity index (χ1v) is 7.54. The number of carbonyl (C=O) groups excluding carboxylic acids is 1. The third-order valence-electron chi connectivity index (χ3n) is 2.37. The molecule has 0 unspecified atom stereocenters. The van der Waals surface area contributed by atoms with Crippen molar-refractivity contribution in [1.82, 2.24) is 14.6 Å². The molecule has 104 valence electrons. The van der Waals surface area contributed by atoms with Gasteiger partial charge in [0.1, 0.15) is 0 Å². The molecule has 0 saturated carbocycles. The molecule has 1 amide bonds. The van der Waals surface area contributed by atoms with Gasteiger partial charge in [0.25, 0.3) is 5.91 Å². The molecular weight excluding hydrogens is 266 g/mol. The summed E-state index contributed by atoms with van der Waals surface area (Å²) < 4.78 is 24.1. The second-order valence-corrected chi connectivity index (χ2v) is 5.89. The number of rotatable bonds is 7. The molecule has 0 aliphatic carbocycles. The van der Waals surface area contributed by atoms with E-state index in [-0.39, 0.29) is 25.5 Å². The number of hydrogen-bond acceptors (Lipinski definition) is 4. The Morgan fingerprint density at radius 3 is 2.84 bits per heavy atom. The van der Waals surface area contributed by atoms with E-state index in [9.17, 15) is 13.2 Å². The van der Waals surface area contributed by atoms with Crippen LogP contribution in [0.25, 0.3) is 0 Å². The van der Waals surface area contributed by atoms with Crippen molar-refractivity contribution in [2.24, 2.45) is 0 Å². The molecule has 0 aliphatic rings. The summed E-state index contributed by atoms with van der Waals surface area (Å²) in [7, 11) is -3.29. The standard InChI is InChI=1S/C12H17N3O3S/c1-3-8-15(19(2,17)18)9-7-14-12(16)11-5-4-6-13-10-11/h3-6,10H,1,7-9H2,2H3,(H,14,16). The molecule has 0 radical (unpaired) electrons. The zero-order valence-corrected chi connectivity index (χ0v) is 11.6. The maximum atomic E-state index is 11.7. The molecule has 0 bridgehead atoms. The van der Waals surface area contributed by atoms with Crippen molar-refractivity contribution in [1.29, 1.82) is 0 Å². The third kappa shape index (κ3) is 5.19. The van der Waals surface area contributed by atoms with E-state index in [0.717, 1.165) is 6.26 Å². The summed E-state index contributed by atoms with van der Waals surface area (Å²) in [6.07, 6.45) is 5.66. The molecule has 0 saturated heterocycles. The van der Waals surface area contributed by atoms with Gasteiger partial charge in [0, 0.05) is 32.0 Å². The van der Waals surface area contributed by atoms with Crippen LogP contribution in [0.4, 0.5) is 0 Å². The Kier molecular flexibility index (Phi) is 5.65. The number of pyridine rings is 1. The number of nitrogens with one attached hydrogen (secondary N) is 1. The highest BCUT2D eigenvalue weighted by Gasteiger charge is 2.14. The van der Waals surface area contributed by atoms with Crippen LogP contribution in [0.5, 0.6) is 0 Å². The van der Waals surface area contributed by atoms with Gasteiger partial charge in [-0.05, 0) is 12.1 Å². The molecule has 1 rings (SSSR count). The lowest BCUT2D eigenvalue weighted by Crippen LogP contribution is -2.38. The van der Waals surface area contributed by atoms with Crippen LogP contribution in [-0.2, 0) is 10.0 Å². The van der Waals surface area contributed by atoms with Crippen LogP contribution < -0.4 is 5.32 Å². The Bertz CT molecular complexity index is 528. The van der Waals surface area contributed by atoms with E-state index in [0.29, 0.717) is 5.56 Å². The highest BCUT2D eigenvalue weighted by Crippen LogP contribution is 1.98. The topological polar surface area (TPSA) is 79.4 Å². The van der Waals surface area contributed by atoms with Gasteiger partial charge in [0.15, 0.2) is 0 Å². The van der Waals surface area contributed by atoms with Crippen LogP contribution in [0.15, 0.2) is 37.2 Å². The van der Waals surface area contributed by atoms with Crippen molar-refractivity contribution in [2.75, 3.05) is 25.9 Å². The number of nitrogens with zero attached hydrogens (tertiary/aromatic N) is 2. The molecule has 7 heteroatoms. The second kappa shape index (κ2) is 7.01. The maximum absolute atomic E-state index is 11.7. The molecule has 1 aromatic heterocycles. The van der Waals surface area contributed by atoms with E-state index in [1.807, 2.05) is 0 Å². The van der Waals surface area contributed by atoms with Crippen LogP contribution in [0.2, 0.25) is 0 Å². The fourth-order valence-corrected chi connectivity index (χ4v) is 2.23. The minimum absolute atomic E-state index is 0.205. The molecule has 0 aromatic carbocycles. The summed E-state index contributed by atoms with van der Waals surface area (Å²) in [6, 6.07) is 3.30. The summed E-state index contributed by atoms with van der Waals surface area (Å²) in [5.41, 5.74) is 0.442. The first kappa shape index (κ1) is 15.3. The zero-order chi connectivity index (χ0) is 14.3. The minimum Gasteiger partial charge on any atom is -0.351 e. The molecule has 0 spiro atoms. The zero-order valence-electron chi connectivity index (χ0n) is 10.7. The summed E-state index contributed by atoms with van der Waals surface area (Å²) in [6.45, 7) is 4.16. The van der Waals surface area contributed by atoms with Gasteiger partial charge in [-0.15, -0.1) is 6.58 Å². The van der Waals surface area contributed by atoms with Crippen molar-refractivity contribution in [3.63, 3.8) is 0 Å². The number of amides is 1. The Morgan fingerprint density at radius 1 is 1.58 bits per heavy atom. The van der Waals surface area contributed by atoms with E-state index in [1.165, 1.54) is 16.6 Å². The smallest absolute Gasteiger partial charge is 0.252 e. The summed E-state index contributed by atoms with van der Waals surface area (Å²) >= 11 is 0. The predicted octanol–water partition coefficient (Wildman–Crippen LogP) is 0.259. The molecule has 1 N–H and O–H groups in total. The summed E-state index contributed by atoms with van der Waals surface area (Å²) in [5.74, 6) is -0.278. The van der Waals surface area contributed by atoms with E-state index in [4.69, 9.17) is 0 Å². The van der Waals surface area contributed by atoms with Crippen molar-refractivity contribution in [3.8, 4) is 0 Å². The summed E-state index contributed by atoms with van der Waals surface area (Å²) in [4.78, 5) is 15.5. The van der Waals surface area contributed by atoms with E-state index in [1.54, 1.807) is 18.3 Å². The largest absolute Gasteiger partial charge is 0.351 e. The van der Waals surface area contributed by atoms with Gasteiger partial charge in [-0.1, -0.05) is 6.08 Å². The average molecular weight is 283 g/mol. The maximum Gasteiger partial charge on any atom is 0.252 e.